The fourth-order valence-electron chi connectivity index (χ4n) is 2.09. The number of azide groups is 1. The quantitative estimate of drug-likeness (QED) is 0.192. The van der Waals surface area contributed by atoms with Crippen LogP contribution in [0, 0.1) is 24.7 Å². The molecule has 126 valence electrons. The van der Waals surface area contributed by atoms with Crippen molar-refractivity contribution < 1.29 is 29.2 Å². The molecule has 1 saturated heterocycles. The van der Waals surface area contributed by atoms with Gasteiger partial charge in [0.15, 0.2) is 6.29 Å². The molecule has 0 radical (unpaired) electrons. The summed E-state index contributed by atoms with van der Waals surface area (Å²) in [5.74, 6) is 4.59. The van der Waals surface area contributed by atoms with Gasteiger partial charge in [-0.25, -0.2) is 0 Å². The number of terminal acetylenes is 2. The lowest BCUT2D eigenvalue weighted by Gasteiger charge is -2.43. The molecule has 1 heterocycles. The van der Waals surface area contributed by atoms with Crippen molar-refractivity contribution in [1.29, 1.82) is 0 Å². The van der Waals surface area contributed by atoms with Gasteiger partial charge in [-0.15, -0.1) is 12.8 Å². The highest BCUT2D eigenvalue weighted by Crippen LogP contribution is 2.26. The maximum atomic E-state index is 10.2. The van der Waals surface area contributed by atoms with E-state index in [2.05, 4.69) is 21.9 Å². The smallest absolute Gasteiger partial charge is 0.186 e. The average molecular weight is 325 g/mol. The van der Waals surface area contributed by atoms with Gasteiger partial charge in [0.25, 0.3) is 0 Å². The van der Waals surface area contributed by atoms with Crippen LogP contribution in [0.3, 0.4) is 0 Å². The zero-order valence-electron chi connectivity index (χ0n) is 12.4. The van der Waals surface area contributed by atoms with E-state index in [1.807, 2.05) is 0 Å². The number of hydrogen-bond acceptors (Lipinski definition) is 7. The third kappa shape index (κ3) is 5.71. The topological polar surface area (TPSA) is 126 Å². The van der Waals surface area contributed by atoms with E-state index in [1.165, 1.54) is 0 Å². The molecule has 23 heavy (non-hydrogen) atoms. The summed E-state index contributed by atoms with van der Waals surface area (Å²) in [6.45, 7) is -0.436. The Balaban J connectivity index is 2.85. The molecule has 1 fully saturated rings. The maximum Gasteiger partial charge on any atom is 0.186 e. The monoisotopic (exact) mass is 325 g/mol. The van der Waals surface area contributed by atoms with E-state index in [-0.39, 0.29) is 26.4 Å². The summed E-state index contributed by atoms with van der Waals surface area (Å²) in [6.07, 6.45) is 5.51. The van der Waals surface area contributed by atoms with Gasteiger partial charge in [-0.3, -0.25) is 0 Å². The second kappa shape index (κ2) is 10.8. The number of aliphatic hydroxyl groups is 2. The second-order valence-electron chi connectivity index (χ2n) is 4.50. The number of ether oxygens (including phenoxy) is 4. The Bertz CT molecular complexity index is 482. The van der Waals surface area contributed by atoms with Crippen LogP contribution in [0.15, 0.2) is 5.11 Å². The molecule has 0 amide bonds. The maximum absolute atomic E-state index is 10.2. The molecule has 0 aliphatic carbocycles. The molecule has 0 bridgehead atoms. The fourth-order valence-corrected chi connectivity index (χ4v) is 2.09. The minimum Gasteiger partial charge on any atom is -0.394 e. The molecule has 2 N–H and O–H groups in total. The summed E-state index contributed by atoms with van der Waals surface area (Å²) in [5, 5.41) is 22.9. The minimum atomic E-state index is -1.17. The van der Waals surface area contributed by atoms with Crippen molar-refractivity contribution in [1.82, 2.24) is 0 Å². The SMILES string of the molecule is C#CCO[C@@H]1[C@@H](OCCN=[N+]=[N-])O[C@H](CO)[C@@H](O)[C@@H]1OCC#C. The van der Waals surface area contributed by atoms with Crippen molar-refractivity contribution in [3.05, 3.63) is 10.4 Å². The normalized spacial score (nSPS) is 30.0. The van der Waals surface area contributed by atoms with Crippen LogP contribution in [-0.2, 0) is 18.9 Å². The van der Waals surface area contributed by atoms with Crippen LogP contribution in [0.1, 0.15) is 0 Å². The highest BCUT2D eigenvalue weighted by atomic mass is 16.7. The summed E-state index contributed by atoms with van der Waals surface area (Å²) in [5.41, 5.74) is 8.25. The van der Waals surface area contributed by atoms with Crippen LogP contribution in [0.4, 0.5) is 0 Å². The van der Waals surface area contributed by atoms with Crippen LogP contribution >= 0.6 is 0 Å². The van der Waals surface area contributed by atoms with Crippen LogP contribution in [0.2, 0.25) is 0 Å². The fraction of sp³-hybridized carbons (Fsp3) is 0.714. The lowest BCUT2D eigenvalue weighted by Crippen LogP contribution is -2.61. The highest BCUT2D eigenvalue weighted by Gasteiger charge is 2.47. The van der Waals surface area contributed by atoms with E-state index in [0.29, 0.717) is 0 Å². The predicted octanol–water partition coefficient (Wildman–Crippen LogP) is -0.572. The molecule has 1 rings (SSSR count). The van der Waals surface area contributed by atoms with Crippen molar-refractivity contribution in [3.8, 4) is 24.7 Å². The van der Waals surface area contributed by atoms with Gasteiger partial charge in [0.05, 0.1) is 13.2 Å². The molecule has 9 nitrogen and oxygen atoms in total. The molecule has 9 heteroatoms. The van der Waals surface area contributed by atoms with Gasteiger partial charge in [0.1, 0.15) is 37.6 Å². The first kappa shape index (κ1) is 19.2. The first-order chi connectivity index (χ1) is 11.2. The zero-order chi connectivity index (χ0) is 17.1. The molecule has 5 atom stereocenters. The van der Waals surface area contributed by atoms with Crippen molar-refractivity contribution in [2.75, 3.05) is 33.0 Å². The van der Waals surface area contributed by atoms with Gasteiger partial charge >= 0.3 is 0 Å². The standard InChI is InChI=1S/C14H19N3O6/c1-3-6-20-12-11(19)10(9-18)23-14(13(12)21-7-4-2)22-8-5-16-17-15/h1-2,10-14,18-19H,5-9H2/t10-,11-,12+,13+,14+/m1/s1. The third-order valence-corrected chi connectivity index (χ3v) is 3.05. The van der Waals surface area contributed by atoms with Crippen molar-refractivity contribution in [3.63, 3.8) is 0 Å². The van der Waals surface area contributed by atoms with Gasteiger partial charge < -0.3 is 29.2 Å². The molecular weight excluding hydrogens is 306 g/mol. The van der Waals surface area contributed by atoms with Crippen LogP contribution in [0.25, 0.3) is 10.4 Å². The van der Waals surface area contributed by atoms with E-state index in [1.54, 1.807) is 0 Å². The number of rotatable bonds is 9. The van der Waals surface area contributed by atoms with Gasteiger partial charge in [0.2, 0.25) is 0 Å². The molecular formula is C14H19N3O6. The molecule has 0 spiro atoms. The summed E-state index contributed by atoms with van der Waals surface area (Å²) in [4.78, 5) is 2.61. The highest BCUT2D eigenvalue weighted by molar-refractivity contribution is 4.95. The first-order valence-electron chi connectivity index (χ1n) is 6.86. The molecule has 0 aromatic rings. The minimum absolute atomic E-state index is 0.0563. The van der Waals surface area contributed by atoms with Crippen molar-refractivity contribution in [2.24, 2.45) is 5.11 Å². The van der Waals surface area contributed by atoms with Crippen LogP contribution in [-0.4, -0.2) is 73.9 Å². The average Bonchev–Trinajstić information content (AvgIpc) is 2.57. The summed E-state index contributed by atoms with van der Waals surface area (Å²) >= 11 is 0. The summed E-state index contributed by atoms with van der Waals surface area (Å²) < 4.78 is 21.8. The van der Waals surface area contributed by atoms with Gasteiger partial charge in [-0.1, -0.05) is 17.0 Å². The zero-order valence-corrected chi connectivity index (χ0v) is 12.4. The van der Waals surface area contributed by atoms with E-state index in [9.17, 15) is 10.2 Å². The third-order valence-electron chi connectivity index (χ3n) is 3.05. The predicted molar refractivity (Wildman–Crippen MR) is 78.9 cm³/mol. The number of aliphatic hydroxyl groups excluding tert-OH is 2. The van der Waals surface area contributed by atoms with Gasteiger partial charge in [0, 0.05) is 11.5 Å². The van der Waals surface area contributed by atoms with Crippen molar-refractivity contribution in [2.45, 2.75) is 30.7 Å². The second-order valence-corrected chi connectivity index (χ2v) is 4.50. The van der Waals surface area contributed by atoms with Crippen molar-refractivity contribution >= 4 is 0 Å². The lowest BCUT2D eigenvalue weighted by atomic mass is 9.98. The Morgan fingerprint density at radius 3 is 2.39 bits per heavy atom. The molecule has 0 aromatic heterocycles. The van der Waals surface area contributed by atoms with E-state index < -0.39 is 37.3 Å². The Labute approximate surface area is 134 Å². The van der Waals surface area contributed by atoms with E-state index >= 15 is 0 Å². The van der Waals surface area contributed by atoms with Crippen LogP contribution < -0.4 is 0 Å². The first-order valence-corrected chi connectivity index (χ1v) is 6.86. The molecule has 0 saturated carbocycles. The summed E-state index contributed by atoms with van der Waals surface area (Å²) in [6, 6.07) is 0. The number of nitrogens with zero attached hydrogens (tertiary/aromatic N) is 3. The molecule has 0 unspecified atom stereocenters. The van der Waals surface area contributed by atoms with Crippen LogP contribution in [0.5, 0.6) is 0 Å². The van der Waals surface area contributed by atoms with Gasteiger partial charge in [-0.2, -0.15) is 0 Å². The Kier molecular flexibility index (Phi) is 9.07. The van der Waals surface area contributed by atoms with E-state index in [0.717, 1.165) is 0 Å². The molecule has 0 aromatic carbocycles. The Morgan fingerprint density at radius 2 is 1.83 bits per heavy atom. The molecule has 1 aliphatic heterocycles. The largest absolute Gasteiger partial charge is 0.394 e. The molecule has 1 aliphatic rings. The number of hydrogen-bond donors (Lipinski definition) is 2. The Hall–Kier alpha value is -1.81. The van der Waals surface area contributed by atoms with E-state index in [4.69, 9.17) is 37.3 Å². The lowest BCUT2D eigenvalue weighted by molar-refractivity contribution is -0.312. The summed E-state index contributed by atoms with van der Waals surface area (Å²) in [7, 11) is 0. The van der Waals surface area contributed by atoms with Gasteiger partial charge in [-0.05, 0) is 5.53 Å². The Morgan fingerprint density at radius 1 is 1.17 bits per heavy atom.